The van der Waals surface area contributed by atoms with E-state index in [2.05, 4.69) is 21.2 Å². The fourth-order valence-corrected chi connectivity index (χ4v) is 2.02. The Bertz CT molecular complexity index is 612. The quantitative estimate of drug-likeness (QED) is 0.640. The lowest BCUT2D eigenvalue weighted by Crippen LogP contribution is -2.38. The molecule has 1 aromatic carbocycles. The lowest BCUT2D eigenvalue weighted by Gasteiger charge is -2.04. The average molecular weight is 348 g/mol. The lowest BCUT2D eigenvalue weighted by molar-refractivity contribution is -0.684. The van der Waals surface area contributed by atoms with Crippen molar-refractivity contribution in [1.29, 1.82) is 0 Å². The second kappa shape index (κ2) is 7.69. The zero-order valence-electron chi connectivity index (χ0n) is 11.5. The van der Waals surface area contributed by atoms with E-state index < -0.39 is 0 Å². The predicted molar refractivity (Wildman–Crippen MR) is 83.1 cm³/mol. The van der Waals surface area contributed by atoms with Crippen LogP contribution in [0, 0.1) is 0 Å². The molecule has 0 radical (unpaired) electrons. The van der Waals surface area contributed by atoms with Crippen LogP contribution in [0.4, 0.5) is 0 Å². The number of pyridine rings is 1. The van der Waals surface area contributed by atoms with E-state index in [0.717, 1.165) is 5.56 Å². The predicted octanol–water partition coefficient (Wildman–Crippen LogP) is 1.87. The van der Waals surface area contributed by atoms with Gasteiger partial charge < -0.3 is 5.32 Å². The number of alkyl halides is 1. The van der Waals surface area contributed by atoms with E-state index in [9.17, 15) is 9.59 Å². The fraction of sp³-hybridized carbons (Fsp3) is 0.188. The summed E-state index contributed by atoms with van der Waals surface area (Å²) in [5.41, 5.74) is 1.63. The Balaban J connectivity index is 1.92. The van der Waals surface area contributed by atoms with Crippen LogP contribution in [-0.4, -0.2) is 17.0 Å². The highest BCUT2D eigenvalue weighted by atomic mass is 79.9. The van der Waals surface area contributed by atoms with Crippen molar-refractivity contribution in [2.24, 2.45) is 0 Å². The van der Waals surface area contributed by atoms with Crippen molar-refractivity contribution in [2.45, 2.75) is 13.1 Å². The number of benzene rings is 1. The third-order valence-electron chi connectivity index (χ3n) is 2.96. The maximum absolute atomic E-state index is 12.0. The molecular formula is C16H16BrN2O2+. The van der Waals surface area contributed by atoms with Crippen LogP contribution < -0.4 is 9.88 Å². The van der Waals surface area contributed by atoms with E-state index >= 15 is 0 Å². The van der Waals surface area contributed by atoms with Gasteiger partial charge in [-0.05, 0) is 5.56 Å². The molecule has 4 nitrogen and oxygen atoms in total. The highest BCUT2D eigenvalue weighted by Crippen LogP contribution is 2.00. The molecule has 2 aromatic rings. The molecule has 0 atom stereocenters. The number of amides is 1. The maximum atomic E-state index is 12.0. The second-order valence-corrected chi connectivity index (χ2v) is 5.16. The molecule has 21 heavy (non-hydrogen) atoms. The van der Waals surface area contributed by atoms with Gasteiger partial charge >= 0.3 is 0 Å². The van der Waals surface area contributed by atoms with Crippen LogP contribution in [0.3, 0.4) is 0 Å². The molecule has 0 spiro atoms. The van der Waals surface area contributed by atoms with Crippen LogP contribution in [0.25, 0.3) is 0 Å². The van der Waals surface area contributed by atoms with Gasteiger partial charge in [-0.2, -0.15) is 4.57 Å². The third kappa shape index (κ3) is 4.79. The van der Waals surface area contributed by atoms with Crippen LogP contribution >= 0.6 is 15.9 Å². The molecule has 0 fully saturated rings. The molecule has 0 aliphatic rings. The molecule has 0 aliphatic carbocycles. The monoisotopic (exact) mass is 347 g/mol. The summed E-state index contributed by atoms with van der Waals surface area (Å²) in [5.74, 6) is -0.0425. The van der Waals surface area contributed by atoms with Crippen molar-refractivity contribution in [2.75, 3.05) is 5.33 Å². The van der Waals surface area contributed by atoms with E-state index in [1.54, 1.807) is 29.1 Å². The van der Waals surface area contributed by atoms with Crippen molar-refractivity contribution in [1.82, 2.24) is 5.32 Å². The smallest absolute Gasteiger partial charge is 0.252 e. The van der Waals surface area contributed by atoms with Crippen molar-refractivity contribution in [3.05, 3.63) is 66.0 Å². The number of ketones is 1. The van der Waals surface area contributed by atoms with E-state index in [1.807, 2.05) is 30.3 Å². The van der Waals surface area contributed by atoms with Crippen LogP contribution in [0.1, 0.15) is 15.9 Å². The summed E-state index contributed by atoms with van der Waals surface area (Å²) >= 11 is 3.13. The number of rotatable bonds is 6. The molecule has 0 unspecified atom stereocenters. The van der Waals surface area contributed by atoms with Gasteiger partial charge in [-0.25, -0.2) is 0 Å². The highest BCUT2D eigenvalue weighted by molar-refractivity contribution is 9.09. The van der Waals surface area contributed by atoms with Crippen LogP contribution in [0.5, 0.6) is 0 Å². The van der Waals surface area contributed by atoms with Gasteiger partial charge in [0, 0.05) is 18.7 Å². The minimum Gasteiger partial charge on any atom is -0.348 e. The van der Waals surface area contributed by atoms with E-state index in [1.165, 1.54) is 0 Å². The van der Waals surface area contributed by atoms with Gasteiger partial charge in [0.05, 0.1) is 10.9 Å². The molecular weight excluding hydrogens is 332 g/mol. The number of halogens is 1. The fourth-order valence-electron chi connectivity index (χ4n) is 1.84. The number of Topliss-reactive ketones (excluding diaryl/α,β-unsaturated/α-hetero) is 1. The first-order valence-corrected chi connectivity index (χ1v) is 7.70. The minimum absolute atomic E-state index is 0.0845. The zero-order chi connectivity index (χ0) is 15.1. The average Bonchev–Trinajstić information content (AvgIpc) is 2.54. The molecule has 0 aliphatic heterocycles. The van der Waals surface area contributed by atoms with Crippen molar-refractivity contribution in [3.63, 3.8) is 0 Å². The van der Waals surface area contributed by atoms with Crippen molar-refractivity contribution < 1.29 is 14.2 Å². The largest absolute Gasteiger partial charge is 0.348 e. The molecule has 1 aromatic heterocycles. The summed E-state index contributed by atoms with van der Waals surface area (Å²) < 4.78 is 1.75. The SMILES string of the molecule is O=C(CBr)C[n+]1ccc(C(=O)NCc2ccccc2)cc1. The number of hydrogen-bond donors (Lipinski definition) is 1. The Morgan fingerprint density at radius 2 is 1.71 bits per heavy atom. The van der Waals surface area contributed by atoms with Crippen LogP contribution in [0.2, 0.25) is 0 Å². The number of nitrogens with zero attached hydrogens (tertiary/aromatic N) is 1. The van der Waals surface area contributed by atoms with Gasteiger partial charge in [0.25, 0.3) is 5.91 Å². The van der Waals surface area contributed by atoms with Gasteiger partial charge in [0.1, 0.15) is 0 Å². The van der Waals surface area contributed by atoms with Gasteiger partial charge in [-0.15, -0.1) is 0 Å². The number of carbonyl (C=O) groups excluding carboxylic acids is 2. The normalized spacial score (nSPS) is 10.1. The summed E-state index contributed by atoms with van der Waals surface area (Å²) in [6, 6.07) is 13.2. The third-order valence-corrected chi connectivity index (χ3v) is 3.58. The Hall–Kier alpha value is -2.01. The topological polar surface area (TPSA) is 50.0 Å². The van der Waals surface area contributed by atoms with Crippen molar-refractivity contribution in [3.8, 4) is 0 Å². The molecule has 0 bridgehead atoms. The number of hydrogen-bond acceptors (Lipinski definition) is 2. The van der Waals surface area contributed by atoms with Gasteiger partial charge in [0.2, 0.25) is 12.3 Å². The van der Waals surface area contributed by atoms with Gasteiger partial charge in [0.15, 0.2) is 12.4 Å². The number of aromatic nitrogens is 1. The Morgan fingerprint density at radius 3 is 2.33 bits per heavy atom. The standard InChI is InChI=1S/C16H15BrN2O2/c17-10-15(20)12-19-8-6-14(7-9-19)16(21)18-11-13-4-2-1-3-5-13/h1-9H,10-12H2/p+1. The summed E-state index contributed by atoms with van der Waals surface area (Å²) in [4.78, 5) is 23.3. The highest BCUT2D eigenvalue weighted by Gasteiger charge is 2.10. The van der Waals surface area contributed by atoms with E-state index in [0.29, 0.717) is 24.0 Å². The minimum atomic E-state index is -0.127. The van der Waals surface area contributed by atoms with Crippen molar-refractivity contribution >= 4 is 27.6 Å². The van der Waals surface area contributed by atoms with Crippen LogP contribution in [0.15, 0.2) is 54.9 Å². The summed E-state index contributed by atoms with van der Waals surface area (Å²) in [5, 5.41) is 3.20. The van der Waals surface area contributed by atoms with Crippen LogP contribution in [-0.2, 0) is 17.9 Å². The zero-order valence-corrected chi connectivity index (χ0v) is 13.0. The summed E-state index contributed by atoms with van der Waals surface area (Å²) in [7, 11) is 0. The molecule has 1 heterocycles. The second-order valence-electron chi connectivity index (χ2n) is 4.60. The molecule has 5 heteroatoms. The van der Waals surface area contributed by atoms with E-state index in [-0.39, 0.29) is 11.7 Å². The number of nitrogens with one attached hydrogen (secondary N) is 1. The van der Waals surface area contributed by atoms with Gasteiger partial charge in [-0.3, -0.25) is 9.59 Å². The van der Waals surface area contributed by atoms with Gasteiger partial charge in [-0.1, -0.05) is 46.3 Å². The molecule has 0 saturated carbocycles. The maximum Gasteiger partial charge on any atom is 0.252 e. The molecule has 108 valence electrons. The first-order valence-electron chi connectivity index (χ1n) is 6.58. The van der Waals surface area contributed by atoms with E-state index in [4.69, 9.17) is 0 Å². The molecule has 2 rings (SSSR count). The molecule has 1 N–H and O–H groups in total. The lowest BCUT2D eigenvalue weighted by atomic mass is 10.2. The Morgan fingerprint density at radius 1 is 1.05 bits per heavy atom. The summed E-state index contributed by atoms with van der Waals surface area (Å²) in [6.07, 6.45) is 3.47. The first-order chi connectivity index (χ1) is 10.2. The Labute approximate surface area is 131 Å². The number of carbonyl (C=O) groups is 2. The molecule has 0 saturated heterocycles. The molecule has 1 amide bonds. The Kier molecular flexibility index (Phi) is 5.63. The summed E-state index contributed by atoms with van der Waals surface area (Å²) in [6.45, 7) is 0.799. The first kappa shape index (κ1) is 15.4.